The summed E-state index contributed by atoms with van der Waals surface area (Å²) in [6, 6.07) is 9.66. The van der Waals surface area contributed by atoms with E-state index in [1.807, 2.05) is 0 Å². The number of hydrogen-bond acceptors (Lipinski definition) is 1. The molecule has 0 aliphatic heterocycles. The van der Waals surface area contributed by atoms with Crippen molar-refractivity contribution in [3.8, 4) is 0 Å². The minimum Gasteiger partial charge on any atom is -0.314 e. The van der Waals surface area contributed by atoms with E-state index in [1.54, 1.807) is 0 Å². The van der Waals surface area contributed by atoms with Crippen LogP contribution in [0, 0.1) is 6.92 Å². The fourth-order valence-electron chi connectivity index (χ4n) is 2.72. The van der Waals surface area contributed by atoms with Crippen molar-refractivity contribution >= 4 is 0 Å². The molecule has 0 aromatic heterocycles. The van der Waals surface area contributed by atoms with Crippen LogP contribution < -0.4 is 5.32 Å². The van der Waals surface area contributed by atoms with E-state index >= 15 is 0 Å². The number of aryl methyl sites for hydroxylation is 2. The number of unbranched alkanes of at least 4 members (excludes halogenated alkanes) is 3. The second kappa shape index (κ2) is 10.9. The monoisotopic (exact) mass is 275 g/mol. The van der Waals surface area contributed by atoms with Crippen LogP contribution >= 0.6 is 0 Å². The molecule has 1 N–H and O–H groups in total. The molecule has 20 heavy (non-hydrogen) atoms. The van der Waals surface area contributed by atoms with Gasteiger partial charge in [-0.15, -0.1) is 0 Å². The Morgan fingerprint density at radius 3 is 2.55 bits per heavy atom. The van der Waals surface area contributed by atoms with E-state index in [4.69, 9.17) is 0 Å². The molecule has 0 amide bonds. The fraction of sp³-hybridized carbons (Fsp3) is 0.684. The maximum Gasteiger partial charge on any atom is 0.00702 e. The number of rotatable bonds is 11. The van der Waals surface area contributed by atoms with Gasteiger partial charge in [0.05, 0.1) is 0 Å². The van der Waals surface area contributed by atoms with Gasteiger partial charge in [0.15, 0.2) is 0 Å². The zero-order chi connectivity index (χ0) is 14.6. The largest absolute Gasteiger partial charge is 0.314 e. The second-order valence-corrected chi connectivity index (χ2v) is 6.03. The number of benzene rings is 1. The summed E-state index contributed by atoms with van der Waals surface area (Å²) in [5.74, 6) is 0. The predicted molar refractivity (Wildman–Crippen MR) is 90.3 cm³/mol. The van der Waals surface area contributed by atoms with Crippen LogP contribution in [0.2, 0.25) is 0 Å². The van der Waals surface area contributed by atoms with E-state index in [2.05, 4.69) is 50.4 Å². The van der Waals surface area contributed by atoms with E-state index in [1.165, 1.54) is 62.5 Å². The van der Waals surface area contributed by atoms with Crippen molar-refractivity contribution < 1.29 is 0 Å². The zero-order valence-electron chi connectivity index (χ0n) is 13.8. The Morgan fingerprint density at radius 2 is 1.85 bits per heavy atom. The van der Waals surface area contributed by atoms with E-state index in [9.17, 15) is 0 Å². The van der Waals surface area contributed by atoms with Crippen LogP contribution in [-0.2, 0) is 6.42 Å². The highest BCUT2D eigenvalue weighted by Crippen LogP contribution is 2.13. The zero-order valence-corrected chi connectivity index (χ0v) is 13.8. The highest BCUT2D eigenvalue weighted by atomic mass is 14.9. The maximum atomic E-state index is 3.73. The molecule has 0 fully saturated rings. The molecule has 0 heterocycles. The predicted octanol–water partition coefficient (Wildman–Crippen LogP) is 5.27. The van der Waals surface area contributed by atoms with Gasteiger partial charge in [0, 0.05) is 6.04 Å². The Balaban J connectivity index is 2.34. The molecule has 0 radical (unpaired) electrons. The first-order valence-corrected chi connectivity index (χ1v) is 8.55. The lowest BCUT2D eigenvalue weighted by atomic mass is 9.99. The number of hydrogen-bond donors (Lipinski definition) is 1. The van der Waals surface area contributed by atoms with Crippen LogP contribution in [0.1, 0.15) is 69.9 Å². The molecule has 114 valence electrons. The molecular weight excluding hydrogens is 242 g/mol. The van der Waals surface area contributed by atoms with Gasteiger partial charge in [0.25, 0.3) is 0 Å². The van der Waals surface area contributed by atoms with Crippen LogP contribution in [0.4, 0.5) is 0 Å². The molecule has 1 rings (SSSR count). The van der Waals surface area contributed by atoms with Crippen molar-refractivity contribution in [2.45, 2.75) is 78.2 Å². The summed E-state index contributed by atoms with van der Waals surface area (Å²) in [4.78, 5) is 0. The lowest BCUT2D eigenvalue weighted by Crippen LogP contribution is -2.30. The molecule has 0 saturated carbocycles. The third kappa shape index (κ3) is 7.69. The smallest absolute Gasteiger partial charge is 0.00702 e. The molecular formula is C19H33N. The van der Waals surface area contributed by atoms with Crippen molar-refractivity contribution in [3.63, 3.8) is 0 Å². The van der Waals surface area contributed by atoms with Crippen molar-refractivity contribution in [2.75, 3.05) is 6.54 Å². The third-order valence-corrected chi connectivity index (χ3v) is 3.95. The highest BCUT2D eigenvalue weighted by Gasteiger charge is 2.07. The standard InChI is InChI=1S/C19H33N/c1-4-6-7-8-12-19(20-15-5-2)14-13-18-11-9-10-17(3)16-18/h9-11,16,19-20H,4-8,12-15H2,1-3H3. The average molecular weight is 275 g/mol. The summed E-state index contributed by atoms with van der Waals surface area (Å²) in [5.41, 5.74) is 2.87. The second-order valence-electron chi connectivity index (χ2n) is 6.03. The minimum atomic E-state index is 0.701. The van der Waals surface area contributed by atoms with Crippen molar-refractivity contribution in [2.24, 2.45) is 0 Å². The highest BCUT2D eigenvalue weighted by molar-refractivity contribution is 5.22. The molecule has 1 aromatic rings. The minimum absolute atomic E-state index is 0.701. The fourth-order valence-corrected chi connectivity index (χ4v) is 2.72. The quantitative estimate of drug-likeness (QED) is 0.543. The van der Waals surface area contributed by atoms with Gasteiger partial charge in [-0.25, -0.2) is 0 Å². The van der Waals surface area contributed by atoms with Gasteiger partial charge >= 0.3 is 0 Å². The van der Waals surface area contributed by atoms with Crippen molar-refractivity contribution in [1.29, 1.82) is 0 Å². The SMILES string of the molecule is CCCCCCC(CCc1cccc(C)c1)NCCC. The third-order valence-electron chi connectivity index (χ3n) is 3.95. The van der Waals surface area contributed by atoms with E-state index < -0.39 is 0 Å². The lowest BCUT2D eigenvalue weighted by Gasteiger charge is -2.18. The molecule has 0 bridgehead atoms. The van der Waals surface area contributed by atoms with Crippen LogP contribution in [0.5, 0.6) is 0 Å². The number of nitrogens with one attached hydrogen (secondary N) is 1. The normalized spacial score (nSPS) is 12.6. The molecule has 1 heteroatoms. The van der Waals surface area contributed by atoms with Gasteiger partial charge in [0.1, 0.15) is 0 Å². The Bertz CT molecular complexity index is 345. The molecule has 1 aromatic carbocycles. The van der Waals surface area contributed by atoms with E-state index in [0.717, 1.165) is 6.54 Å². The maximum absolute atomic E-state index is 3.73. The van der Waals surface area contributed by atoms with Crippen LogP contribution in [0.15, 0.2) is 24.3 Å². The van der Waals surface area contributed by atoms with E-state index in [-0.39, 0.29) is 0 Å². The van der Waals surface area contributed by atoms with Crippen molar-refractivity contribution in [3.05, 3.63) is 35.4 Å². The summed E-state index contributed by atoms with van der Waals surface area (Å²) in [7, 11) is 0. The Labute approximate surface area is 126 Å². The molecule has 0 aliphatic carbocycles. The van der Waals surface area contributed by atoms with Gasteiger partial charge in [-0.1, -0.05) is 69.4 Å². The summed E-state index contributed by atoms with van der Waals surface area (Å²) in [5, 5.41) is 3.73. The van der Waals surface area contributed by atoms with Crippen molar-refractivity contribution in [1.82, 2.24) is 5.32 Å². The van der Waals surface area contributed by atoms with Crippen LogP contribution in [0.25, 0.3) is 0 Å². The Morgan fingerprint density at radius 1 is 1.00 bits per heavy atom. The Kier molecular flexibility index (Phi) is 9.40. The van der Waals surface area contributed by atoms with Gasteiger partial charge in [0.2, 0.25) is 0 Å². The summed E-state index contributed by atoms with van der Waals surface area (Å²) >= 11 is 0. The molecule has 0 aliphatic rings. The molecule has 1 atom stereocenters. The van der Waals surface area contributed by atoms with Gasteiger partial charge in [-0.3, -0.25) is 0 Å². The first-order valence-electron chi connectivity index (χ1n) is 8.55. The molecule has 1 nitrogen and oxygen atoms in total. The average Bonchev–Trinajstić information content (AvgIpc) is 2.45. The van der Waals surface area contributed by atoms with Crippen LogP contribution in [-0.4, -0.2) is 12.6 Å². The summed E-state index contributed by atoms with van der Waals surface area (Å²) in [6.45, 7) is 7.87. The van der Waals surface area contributed by atoms with Crippen LogP contribution in [0.3, 0.4) is 0 Å². The Hall–Kier alpha value is -0.820. The lowest BCUT2D eigenvalue weighted by molar-refractivity contribution is 0.432. The first kappa shape index (κ1) is 17.2. The van der Waals surface area contributed by atoms with E-state index in [0.29, 0.717) is 6.04 Å². The summed E-state index contributed by atoms with van der Waals surface area (Å²) < 4.78 is 0. The molecule has 0 saturated heterocycles. The topological polar surface area (TPSA) is 12.0 Å². The van der Waals surface area contributed by atoms with Gasteiger partial charge < -0.3 is 5.32 Å². The first-order chi connectivity index (χ1) is 9.76. The summed E-state index contributed by atoms with van der Waals surface area (Å²) in [6.07, 6.45) is 10.5. The van der Waals surface area contributed by atoms with Gasteiger partial charge in [-0.2, -0.15) is 0 Å². The molecule has 1 unspecified atom stereocenters. The van der Waals surface area contributed by atoms with Gasteiger partial charge in [-0.05, 0) is 44.7 Å². The molecule has 0 spiro atoms.